The maximum atomic E-state index is 6.05. The van der Waals surface area contributed by atoms with Crippen molar-refractivity contribution in [2.75, 3.05) is 5.73 Å². The average molecular weight is 219 g/mol. The quantitative estimate of drug-likeness (QED) is 0.858. The normalized spacial score (nSPS) is 11.2. The Kier molecular flexibility index (Phi) is 2.68. The zero-order valence-corrected chi connectivity index (χ0v) is 9.88. The zero-order chi connectivity index (χ0) is 11.7. The van der Waals surface area contributed by atoms with E-state index in [4.69, 9.17) is 5.73 Å². The lowest BCUT2D eigenvalue weighted by atomic mass is 10.2. The van der Waals surface area contributed by atoms with Crippen molar-refractivity contribution in [1.29, 1.82) is 0 Å². The smallest absolute Gasteiger partial charge is 0.131 e. The lowest BCUT2D eigenvalue weighted by molar-refractivity contribution is 0.607. The van der Waals surface area contributed by atoms with Crippen LogP contribution in [-0.4, -0.2) is 19.3 Å². The Bertz CT molecular complexity index is 480. The van der Waals surface area contributed by atoms with Crippen LogP contribution in [0.15, 0.2) is 18.7 Å². The molecule has 0 atom stereocenters. The van der Waals surface area contributed by atoms with Crippen molar-refractivity contribution in [3.8, 4) is 11.3 Å². The Labute approximate surface area is 94.9 Å². The molecule has 0 aliphatic heterocycles. The second-order valence-electron chi connectivity index (χ2n) is 4.06. The summed E-state index contributed by atoms with van der Waals surface area (Å²) in [5.74, 6) is 0.700. The van der Waals surface area contributed by atoms with Crippen LogP contribution in [0.25, 0.3) is 11.3 Å². The number of hydrogen-bond acceptors (Lipinski definition) is 3. The molecule has 0 amide bonds. The predicted molar refractivity (Wildman–Crippen MR) is 63.9 cm³/mol. The third-order valence-corrected chi connectivity index (χ3v) is 2.62. The molecule has 0 aliphatic rings. The largest absolute Gasteiger partial charge is 0.383 e. The van der Waals surface area contributed by atoms with Crippen molar-refractivity contribution < 1.29 is 0 Å². The number of aryl methyl sites for hydroxylation is 1. The molecule has 0 aliphatic carbocycles. The van der Waals surface area contributed by atoms with E-state index in [9.17, 15) is 0 Å². The molecule has 86 valence electrons. The first kappa shape index (κ1) is 10.7. The summed E-state index contributed by atoms with van der Waals surface area (Å²) in [4.78, 5) is 4.34. The number of nitrogen functional groups attached to an aromatic ring is 1. The lowest BCUT2D eigenvalue weighted by Crippen LogP contribution is -2.04. The van der Waals surface area contributed by atoms with Crippen LogP contribution in [0.2, 0.25) is 0 Å². The highest BCUT2D eigenvalue weighted by Gasteiger charge is 2.12. The van der Waals surface area contributed by atoms with Crippen molar-refractivity contribution in [3.05, 3.63) is 18.7 Å². The highest BCUT2D eigenvalue weighted by molar-refractivity contribution is 5.69. The fourth-order valence-electron chi connectivity index (χ4n) is 1.66. The molecule has 0 spiro atoms. The van der Waals surface area contributed by atoms with Gasteiger partial charge in [0.2, 0.25) is 0 Å². The summed E-state index contributed by atoms with van der Waals surface area (Å²) in [6.07, 6.45) is 5.54. The van der Waals surface area contributed by atoms with E-state index in [2.05, 4.69) is 23.9 Å². The van der Waals surface area contributed by atoms with Gasteiger partial charge in [-0.2, -0.15) is 5.10 Å². The fourth-order valence-corrected chi connectivity index (χ4v) is 1.66. The first-order valence-corrected chi connectivity index (χ1v) is 5.48. The van der Waals surface area contributed by atoms with Gasteiger partial charge in [0, 0.05) is 24.3 Å². The van der Waals surface area contributed by atoms with Gasteiger partial charge in [0.15, 0.2) is 0 Å². The minimum absolute atomic E-state index is 0.322. The van der Waals surface area contributed by atoms with E-state index in [1.807, 2.05) is 22.4 Å². The van der Waals surface area contributed by atoms with Gasteiger partial charge in [-0.25, -0.2) is 4.98 Å². The molecule has 0 fully saturated rings. The topological polar surface area (TPSA) is 61.7 Å². The highest BCUT2D eigenvalue weighted by atomic mass is 15.3. The zero-order valence-electron chi connectivity index (χ0n) is 9.88. The minimum Gasteiger partial charge on any atom is -0.383 e. The van der Waals surface area contributed by atoms with Crippen molar-refractivity contribution >= 4 is 5.82 Å². The van der Waals surface area contributed by atoms with Gasteiger partial charge in [-0.15, -0.1) is 0 Å². The van der Waals surface area contributed by atoms with Crippen molar-refractivity contribution in [1.82, 2.24) is 19.3 Å². The van der Waals surface area contributed by atoms with Crippen LogP contribution in [0.1, 0.15) is 26.8 Å². The van der Waals surface area contributed by atoms with Gasteiger partial charge >= 0.3 is 0 Å². The molecule has 2 N–H and O–H groups in total. The van der Waals surface area contributed by atoms with Crippen LogP contribution in [0.4, 0.5) is 5.82 Å². The van der Waals surface area contributed by atoms with Crippen molar-refractivity contribution in [3.63, 3.8) is 0 Å². The monoisotopic (exact) mass is 219 g/mol. The first-order valence-electron chi connectivity index (χ1n) is 5.48. The number of hydrogen-bond donors (Lipinski definition) is 1. The van der Waals surface area contributed by atoms with E-state index in [1.54, 1.807) is 12.5 Å². The van der Waals surface area contributed by atoms with Crippen LogP contribution in [0.3, 0.4) is 0 Å². The average Bonchev–Trinajstić information content (AvgIpc) is 2.83. The van der Waals surface area contributed by atoms with Crippen molar-refractivity contribution in [2.24, 2.45) is 0 Å². The molecule has 2 heterocycles. The van der Waals surface area contributed by atoms with E-state index in [1.165, 1.54) is 0 Å². The van der Waals surface area contributed by atoms with E-state index in [0.717, 1.165) is 17.8 Å². The molecule has 0 bridgehead atoms. The fraction of sp³-hybridized carbons (Fsp3) is 0.455. The van der Waals surface area contributed by atoms with E-state index >= 15 is 0 Å². The van der Waals surface area contributed by atoms with Gasteiger partial charge in [-0.3, -0.25) is 4.68 Å². The second-order valence-corrected chi connectivity index (χ2v) is 4.06. The molecule has 5 nitrogen and oxygen atoms in total. The number of aromatic nitrogens is 4. The molecule has 2 rings (SSSR count). The summed E-state index contributed by atoms with van der Waals surface area (Å²) in [6, 6.07) is 0.322. The molecule has 2 aromatic rings. The number of imidazole rings is 1. The molecule has 0 unspecified atom stereocenters. The number of nitrogens with zero attached hydrogens (tertiary/aromatic N) is 4. The highest BCUT2D eigenvalue weighted by Crippen LogP contribution is 2.25. The molecule has 16 heavy (non-hydrogen) atoms. The summed E-state index contributed by atoms with van der Waals surface area (Å²) < 4.78 is 3.82. The van der Waals surface area contributed by atoms with Crippen LogP contribution in [0.5, 0.6) is 0 Å². The number of rotatable bonds is 3. The molecule has 5 heteroatoms. The third-order valence-electron chi connectivity index (χ3n) is 2.62. The van der Waals surface area contributed by atoms with Gasteiger partial charge in [-0.1, -0.05) is 0 Å². The minimum atomic E-state index is 0.322. The Morgan fingerprint density at radius 1 is 1.44 bits per heavy atom. The summed E-state index contributed by atoms with van der Waals surface area (Å²) in [5.41, 5.74) is 7.83. The van der Waals surface area contributed by atoms with E-state index in [0.29, 0.717) is 11.9 Å². The maximum Gasteiger partial charge on any atom is 0.131 e. The van der Waals surface area contributed by atoms with Gasteiger partial charge in [0.1, 0.15) is 11.5 Å². The lowest BCUT2D eigenvalue weighted by Gasteiger charge is -2.08. The molecular formula is C11H17N5. The summed E-state index contributed by atoms with van der Waals surface area (Å²) in [6.45, 7) is 7.06. The maximum absolute atomic E-state index is 6.05. The summed E-state index contributed by atoms with van der Waals surface area (Å²) in [5, 5.41) is 4.22. The molecule has 0 aromatic carbocycles. The SMILES string of the molecule is CCn1cc(-c2ncn(C(C)C)c2N)cn1. The van der Waals surface area contributed by atoms with E-state index in [-0.39, 0.29) is 0 Å². The molecule has 0 saturated heterocycles. The van der Waals surface area contributed by atoms with Crippen LogP contribution in [-0.2, 0) is 6.54 Å². The second kappa shape index (κ2) is 4.00. The number of anilines is 1. The van der Waals surface area contributed by atoms with Crippen LogP contribution < -0.4 is 5.73 Å². The summed E-state index contributed by atoms with van der Waals surface area (Å²) in [7, 11) is 0. The van der Waals surface area contributed by atoms with Crippen molar-refractivity contribution in [2.45, 2.75) is 33.4 Å². The van der Waals surface area contributed by atoms with Gasteiger partial charge in [0.05, 0.1) is 12.5 Å². The molecule has 0 saturated carbocycles. The standard InChI is InChI=1S/C11H17N5/c1-4-15-6-9(5-14-15)10-11(12)16(7-13-10)8(2)3/h5-8H,4,12H2,1-3H3. The first-order chi connectivity index (χ1) is 7.63. The van der Waals surface area contributed by atoms with Gasteiger partial charge in [0.25, 0.3) is 0 Å². The van der Waals surface area contributed by atoms with Gasteiger partial charge in [-0.05, 0) is 20.8 Å². The molecule has 0 radical (unpaired) electrons. The summed E-state index contributed by atoms with van der Waals surface area (Å²) >= 11 is 0. The Hall–Kier alpha value is -1.78. The Morgan fingerprint density at radius 2 is 2.19 bits per heavy atom. The Morgan fingerprint density at radius 3 is 2.69 bits per heavy atom. The van der Waals surface area contributed by atoms with E-state index < -0.39 is 0 Å². The Balaban J connectivity index is 2.40. The van der Waals surface area contributed by atoms with Gasteiger partial charge < -0.3 is 10.3 Å². The molecular weight excluding hydrogens is 202 g/mol. The third kappa shape index (κ3) is 1.68. The van der Waals surface area contributed by atoms with Crippen LogP contribution in [0, 0.1) is 0 Å². The molecule has 2 aromatic heterocycles. The predicted octanol–water partition coefficient (Wildman–Crippen LogP) is 1.93. The van der Waals surface area contributed by atoms with Crippen LogP contribution >= 0.6 is 0 Å². The number of nitrogens with two attached hydrogens (primary N) is 1.